The summed E-state index contributed by atoms with van der Waals surface area (Å²) in [6.45, 7) is 1.53. The molecule has 2 aliphatic rings. The van der Waals surface area contributed by atoms with Crippen LogP contribution in [0.5, 0.6) is 0 Å². The average Bonchev–Trinajstić information content (AvgIpc) is 2.41. The summed E-state index contributed by atoms with van der Waals surface area (Å²) < 4.78 is 36.8. The van der Waals surface area contributed by atoms with Crippen molar-refractivity contribution in [2.45, 2.75) is 56.1 Å². The molecule has 2 rings (SSSR count). The fourth-order valence-corrected chi connectivity index (χ4v) is 3.68. The lowest BCUT2D eigenvalue weighted by Gasteiger charge is -2.49. The Kier molecular flexibility index (Phi) is 4.75. The first kappa shape index (κ1) is 16.5. The number of piperazine rings is 1. The highest BCUT2D eigenvalue weighted by Gasteiger charge is 2.51. The minimum atomic E-state index is -4.31. The van der Waals surface area contributed by atoms with E-state index in [1.165, 1.54) is 4.90 Å². The summed E-state index contributed by atoms with van der Waals surface area (Å²) in [4.78, 5) is 26.1. The van der Waals surface area contributed by atoms with Crippen LogP contribution in [-0.2, 0) is 9.59 Å². The van der Waals surface area contributed by atoms with E-state index >= 15 is 0 Å². The van der Waals surface area contributed by atoms with E-state index in [2.05, 4.69) is 5.32 Å². The van der Waals surface area contributed by atoms with Gasteiger partial charge < -0.3 is 10.2 Å². The standard InChI is InChI=1S/C13H19F3N2O2S/c1-9-10(19)18(7-8-21-13(14,15)16)12(11(20)17-9)5-3-2-4-6-12/h9H,2-8H2,1H3,(H,17,20). The smallest absolute Gasteiger partial charge is 0.343 e. The molecule has 1 spiro atoms. The van der Waals surface area contributed by atoms with Gasteiger partial charge in [-0.05, 0) is 31.5 Å². The number of hydrogen-bond acceptors (Lipinski definition) is 3. The second-order valence-electron chi connectivity index (χ2n) is 5.57. The Balaban J connectivity index is 2.14. The maximum Gasteiger partial charge on any atom is 0.441 e. The molecule has 1 heterocycles. The lowest BCUT2D eigenvalue weighted by atomic mass is 9.77. The van der Waals surface area contributed by atoms with E-state index in [0.29, 0.717) is 12.8 Å². The molecular weight excluding hydrogens is 305 g/mol. The van der Waals surface area contributed by atoms with Crippen LogP contribution in [0.4, 0.5) is 13.2 Å². The molecule has 1 saturated carbocycles. The zero-order chi connectivity index (χ0) is 15.7. The van der Waals surface area contributed by atoms with E-state index in [1.807, 2.05) is 0 Å². The third-order valence-corrected chi connectivity index (χ3v) is 4.90. The van der Waals surface area contributed by atoms with Crippen LogP contribution in [0.1, 0.15) is 39.0 Å². The fourth-order valence-electron chi connectivity index (χ4n) is 3.17. The first-order chi connectivity index (χ1) is 9.76. The Bertz CT molecular complexity index is 422. The highest BCUT2D eigenvalue weighted by molar-refractivity contribution is 8.00. The minimum absolute atomic E-state index is 0.0409. The molecule has 0 aromatic carbocycles. The van der Waals surface area contributed by atoms with E-state index in [9.17, 15) is 22.8 Å². The van der Waals surface area contributed by atoms with Gasteiger partial charge in [-0.25, -0.2) is 0 Å². The summed E-state index contributed by atoms with van der Waals surface area (Å²) in [5, 5.41) is 2.67. The van der Waals surface area contributed by atoms with Gasteiger partial charge in [-0.2, -0.15) is 13.2 Å². The fraction of sp³-hybridized carbons (Fsp3) is 0.846. The second kappa shape index (κ2) is 6.06. The van der Waals surface area contributed by atoms with Crippen molar-refractivity contribution < 1.29 is 22.8 Å². The Morgan fingerprint density at radius 3 is 2.48 bits per heavy atom. The van der Waals surface area contributed by atoms with Crippen LogP contribution in [0.25, 0.3) is 0 Å². The summed E-state index contributed by atoms with van der Waals surface area (Å²) in [5.74, 6) is -0.734. The number of amides is 2. The van der Waals surface area contributed by atoms with Gasteiger partial charge in [-0.1, -0.05) is 19.3 Å². The predicted molar refractivity (Wildman–Crippen MR) is 73.6 cm³/mol. The van der Waals surface area contributed by atoms with Crippen molar-refractivity contribution >= 4 is 23.6 Å². The van der Waals surface area contributed by atoms with E-state index in [0.717, 1.165) is 19.3 Å². The quantitative estimate of drug-likeness (QED) is 0.866. The molecule has 0 radical (unpaired) electrons. The number of alkyl halides is 3. The van der Waals surface area contributed by atoms with Gasteiger partial charge >= 0.3 is 5.51 Å². The molecule has 1 aliphatic carbocycles. The molecule has 4 nitrogen and oxygen atoms in total. The third-order valence-electron chi connectivity index (χ3n) is 4.18. The molecule has 1 unspecified atom stereocenters. The first-order valence-corrected chi connectivity index (χ1v) is 8.08. The summed E-state index contributed by atoms with van der Waals surface area (Å²) >= 11 is -0.147. The molecule has 0 aromatic rings. The van der Waals surface area contributed by atoms with Crippen LogP contribution in [0.2, 0.25) is 0 Å². The number of halogens is 3. The molecule has 120 valence electrons. The highest BCUT2D eigenvalue weighted by Crippen LogP contribution is 2.37. The molecule has 1 atom stereocenters. The van der Waals surface area contributed by atoms with Crippen molar-refractivity contribution in [2.75, 3.05) is 12.3 Å². The topological polar surface area (TPSA) is 49.4 Å². The van der Waals surface area contributed by atoms with E-state index in [1.54, 1.807) is 6.92 Å². The number of nitrogens with zero attached hydrogens (tertiary/aromatic N) is 1. The van der Waals surface area contributed by atoms with Gasteiger partial charge in [0.15, 0.2) is 0 Å². The zero-order valence-corrected chi connectivity index (χ0v) is 12.6. The molecule has 2 amide bonds. The van der Waals surface area contributed by atoms with Crippen molar-refractivity contribution in [3.05, 3.63) is 0 Å². The first-order valence-electron chi connectivity index (χ1n) is 7.09. The molecule has 0 aromatic heterocycles. The summed E-state index contributed by atoms with van der Waals surface area (Å²) in [7, 11) is 0. The van der Waals surface area contributed by atoms with E-state index in [4.69, 9.17) is 0 Å². The van der Waals surface area contributed by atoms with E-state index < -0.39 is 17.1 Å². The molecule has 2 fully saturated rings. The SMILES string of the molecule is CC1NC(=O)C2(CCCCC2)N(CCSC(F)(F)F)C1=O. The van der Waals surface area contributed by atoms with Crippen LogP contribution in [0.3, 0.4) is 0 Å². The van der Waals surface area contributed by atoms with Crippen molar-refractivity contribution in [3.63, 3.8) is 0 Å². The van der Waals surface area contributed by atoms with Crippen molar-refractivity contribution in [1.82, 2.24) is 10.2 Å². The average molecular weight is 324 g/mol. The number of carbonyl (C=O) groups is 2. The molecule has 21 heavy (non-hydrogen) atoms. The van der Waals surface area contributed by atoms with Crippen LogP contribution in [-0.4, -0.2) is 46.1 Å². The summed E-state index contributed by atoms with van der Waals surface area (Å²) in [5.41, 5.74) is -5.25. The molecule has 1 N–H and O–H groups in total. The van der Waals surface area contributed by atoms with Gasteiger partial charge in [-0.3, -0.25) is 9.59 Å². The largest absolute Gasteiger partial charge is 0.441 e. The normalized spacial score (nSPS) is 26.1. The Hall–Kier alpha value is -0.920. The van der Waals surface area contributed by atoms with Crippen LogP contribution in [0, 0.1) is 0 Å². The number of hydrogen-bond donors (Lipinski definition) is 1. The molecule has 1 aliphatic heterocycles. The van der Waals surface area contributed by atoms with Gasteiger partial charge in [0.05, 0.1) is 0 Å². The summed E-state index contributed by atoms with van der Waals surface area (Å²) in [6, 6.07) is -0.666. The lowest BCUT2D eigenvalue weighted by molar-refractivity contribution is -0.159. The predicted octanol–water partition coefficient (Wildman–Crippen LogP) is 2.29. The monoisotopic (exact) mass is 324 g/mol. The zero-order valence-electron chi connectivity index (χ0n) is 11.8. The second-order valence-corrected chi connectivity index (χ2v) is 6.73. The lowest BCUT2D eigenvalue weighted by Crippen LogP contribution is -2.70. The van der Waals surface area contributed by atoms with Gasteiger partial charge in [0.25, 0.3) is 0 Å². The maximum absolute atomic E-state index is 12.4. The van der Waals surface area contributed by atoms with Gasteiger partial charge in [0.2, 0.25) is 11.8 Å². The Morgan fingerprint density at radius 1 is 1.29 bits per heavy atom. The minimum Gasteiger partial charge on any atom is -0.343 e. The van der Waals surface area contributed by atoms with Crippen LogP contribution >= 0.6 is 11.8 Å². The number of carbonyl (C=O) groups excluding carboxylic acids is 2. The maximum atomic E-state index is 12.4. The molecule has 8 heteroatoms. The van der Waals surface area contributed by atoms with Gasteiger partial charge in [-0.15, -0.1) is 0 Å². The highest BCUT2D eigenvalue weighted by atomic mass is 32.2. The van der Waals surface area contributed by atoms with Gasteiger partial charge in [0, 0.05) is 12.3 Å². The molecular formula is C13H19F3N2O2S. The Labute approximate surface area is 125 Å². The number of nitrogens with one attached hydrogen (secondary N) is 1. The summed E-state index contributed by atoms with van der Waals surface area (Å²) in [6.07, 6.45) is 3.70. The Morgan fingerprint density at radius 2 is 1.90 bits per heavy atom. The number of thioether (sulfide) groups is 1. The third kappa shape index (κ3) is 3.46. The number of rotatable bonds is 3. The van der Waals surface area contributed by atoms with Crippen molar-refractivity contribution in [3.8, 4) is 0 Å². The van der Waals surface area contributed by atoms with Crippen molar-refractivity contribution in [1.29, 1.82) is 0 Å². The molecule has 1 saturated heterocycles. The van der Waals surface area contributed by atoms with E-state index in [-0.39, 0.29) is 35.9 Å². The van der Waals surface area contributed by atoms with Crippen molar-refractivity contribution in [2.24, 2.45) is 0 Å². The molecule has 0 bridgehead atoms. The van der Waals surface area contributed by atoms with Gasteiger partial charge in [0.1, 0.15) is 11.6 Å². The van der Waals surface area contributed by atoms with Crippen LogP contribution < -0.4 is 5.32 Å². The van der Waals surface area contributed by atoms with Crippen LogP contribution in [0.15, 0.2) is 0 Å².